The van der Waals surface area contributed by atoms with Gasteiger partial charge >= 0.3 is 11.9 Å². The first-order chi connectivity index (χ1) is 23.1. The number of benzene rings is 2. The summed E-state index contributed by atoms with van der Waals surface area (Å²) in [6.07, 6.45) is -15.7. The zero-order chi connectivity index (χ0) is 35.9. The molecule has 49 heavy (non-hydrogen) atoms. The molecule has 3 aromatic rings. The smallest absolute Gasteiger partial charge is 0.303 e. The molecule has 2 fully saturated rings. The average Bonchev–Trinajstić information content (AvgIpc) is 3.30. The highest BCUT2D eigenvalue weighted by molar-refractivity contribution is 5.88. The van der Waals surface area contributed by atoms with Crippen molar-refractivity contribution in [3.63, 3.8) is 0 Å². The number of rotatable bonds is 9. The Morgan fingerprint density at radius 1 is 0.837 bits per heavy atom. The van der Waals surface area contributed by atoms with E-state index >= 15 is 0 Å². The molecule has 0 unspecified atom stereocenters. The molecular weight excluding hydrogens is 660 g/mol. The van der Waals surface area contributed by atoms with Gasteiger partial charge in [0.15, 0.2) is 35.8 Å². The molecule has 0 bridgehead atoms. The van der Waals surface area contributed by atoms with Crippen molar-refractivity contribution >= 4 is 22.9 Å². The molecule has 2 saturated heterocycles. The molecule has 266 valence electrons. The molecule has 8 N–H and O–H groups in total. The van der Waals surface area contributed by atoms with E-state index in [1.165, 1.54) is 13.0 Å². The molecular formula is C31H34O18. The van der Waals surface area contributed by atoms with Crippen molar-refractivity contribution < 1.29 is 83.3 Å². The third kappa shape index (κ3) is 7.20. The summed E-state index contributed by atoms with van der Waals surface area (Å²) < 4.78 is 38.4. The predicted octanol–water partition coefficient (Wildman–Crippen LogP) is -0.545. The Kier molecular flexibility index (Phi) is 10.2. The van der Waals surface area contributed by atoms with Gasteiger partial charge in [-0.1, -0.05) is 0 Å². The maximum absolute atomic E-state index is 13.6. The van der Waals surface area contributed by atoms with Crippen molar-refractivity contribution in [3.05, 3.63) is 40.6 Å². The summed E-state index contributed by atoms with van der Waals surface area (Å²) in [6.45, 7) is 2.95. The van der Waals surface area contributed by atoms with Crippen LogP contribution < -0.4 is 10.2 Å². The molecule has 3 heterocycles. The Labute approximate surface area is 275 Å². The highest BCUT2D eigenvalue weighted by Crippen LogP contribution is 2.40. The Hall–Kier alpha value is -4.69. The number of hydrogen-bond donors (Lipinski definition) is 8. The van der Waals surface area contributed by atoms with Gasteiger partial charge in [-0.2, -0.15) is 0 Å². The minimum atomic E-state index is -1.90. The summed E-state index contributed by atoms with van der Waals surface area (Å²) in [4.78, 5) is 36.8. The molecule has 0 aliphatic carbocycles. The second-order valence-corrected chi connectivity index (χ2v) is 11.4. The minimum absolute atomic E-state index is 0.0339. The van der Waals surface area contributed by atoms with E-state index in [4.69, 9.17) is 32.8 Å². The first kappa shape index (κ1) is 35.6. The van der Waals surface area contributed by atoms with Crippen LogP contribution in [0, 0.1) is 0 Å². The minimum Gasteiger partial charge on any atom is -0.508 e. The molecule has 18 heteroatoms. The zero-order valence-electron chi connectivity index (χ0n) is 26.0. The molecule has 5 rings (SSSR count). The number of carbonyl (C=O) groups is 2. The molecule has 18 nitrogen and oxygen atoms in total. The van der Waals surface area contributed by atoms with Crippen LogP contribution in [0.5, 0.6) is 28.7 Å². The van der Waals surface area contributed by atoms with Crippen molar-refractivity contribution in [3.8, 4) is 40.1 Å². The van der Waals surface area contributed by atoms with Crippen LogP contribution in [0.15, 0.2) is 39.5 Å². The van der Waals surface area contributed by atoms with Crippen LogP contribution in [-0.4, -0.2) is 121 Å². The maximum Gasteiger partial charge on any atom is 0.303 e. The number of esters is 2. The first-order valence-electron chi connectivity index (χ1n) is 14.8. The van der Waals surface area contributed by atoms with E-state index < -0.39 is 125 Å². The van der Waals surface area contributed by atoms with E-state index in [0.29, 0.717) is 0 Å². The fourth-order valence-corrected chi connectivity index (χ4v) is 5.53. The Morgan fingerprint density at radius 3 is 2.16 bits per heavy atom. The van der Waals surface area contributed by atoms with E-state index in [2.05, 4.69) is 0 Å². The topological polar surface area (TPSA) is 282 Å². The van der Waals surface area contributed by atoms with E-state index in [1.807, 2.05) is 0 Å². The van der Waals surface area contributed by atoms with Crippen LogP contribution >= 0.6 is 0 Å². The van der Waals surface area contributed by atoms with Gasteiger partial charge in [-0.15, -0.1) is 0 Å². The van der Waals surface area contributed by atoms with Gasteiger partial charge in [0.05, 0.1) is 12.7 Å². The SMILES string of the molecule is CC(=O)O[C@@H]1[C@@H](OC(C)=O)[C@@H](O)[C@H](OC[C@@H](O)[C@H]2O[C@@H](Oc3c(-c4ccc(O)c(O)c4)oc4cc(O)cc(O)c4c3=O)[C@H](O)[C@H]2O)O[C@H]1C. The normalized spacial score (nSPS) is 29.0. The summed E-state index contributed by atoms with van der Waals surface area (Å²) in [7, 11) is 0. The number of carbonyl (C=O) groups excluding carboxylic acids is 2. The van der Waals surface area contributed by atoms with Crippen LogP contribution in [0.25, 0.3) is 22.3 Å². The van der Waals surface area contributed by atoms with E-state index in [9.17, 15) is 55.2 Å². The highest BCUT2D eigenvalue weighted by atomic mass is 16.7. The fourth-order valence-electron chi connectivity index (χ4n) is 5.53. The van der Waals surface area contributed by atoms with Crippen LogP contribution in [0.4, 0.5) is 0 Å². The van der Waals surface area contributed by atoms with Gasteiger partial charge in [-0.25, -0.2) is 0 Å². The van der Waals surface area contributed by atoms with Gasteiger partial charge in [0.25, 0.3) is 0 Å². The van der Waals surface area contributed by atoms with Gasteiger partial charge in [0, 0.05) is 31.5 Å². The van der Waals surface area contributed by atoms with Crippen molar-refractivity contribution in [2.75, 3.05) is 6.61 Å². The number of aromatic hydroxyl groups is 4. The van der Waals surface area contributed by atoms with Gasteiger partial charge < -0.3 is 73.7 Å². The second-order valence-electron chi connectivity index (χ2n) is 11.4. The lowest BCUT2D eigenvalue weighted by atomic mass is 9.99. The van der Waals surface area contributed by atoms with Crippen molar-refractivity contribution in [1.82, 2.24) is 0 Å². The molecule has 2 aromatic carbocycles. The number of phenols is 4. The number of aliphatic hydroxyl groups excluding tert-OH is 4. The molecule has 2 aliphatic heterocycles. The Balaban J connectivity index is 1.36. The molecule has 2 aliphatic rings. The lowest BCUT2D eigenvalue weighted by molar-refractivity contribution is -0.303. The number of hydrogen-bond acceptors (Lipinski definition) is 18. The summed E-state index contributed by atoms with van der Waals surface area (Å²) in [6, 6.07) is 5.23. The molecule has 0 radical (unpaired) electrons. The molecule has 1 aromatic heterocycles. The van der Waals surface area contributed by atoms with Gasteiger partial charge in [0.1, 0.15) is 53.0 Å². The third-order valence-electron chi connectivity index (χ3n) is 7.81. The second kappa shape index (κ2) is 14.0. The van der Waals surface area contributed by atoms with Gasteiger partial charge in [-0.3, -0.25) is 14.4 Å². The number of ether oxygens (including phenoxy) is 6. The standard InChI is InChI=1S/C31H34O18/c1-10-25(45-11(2)32)29(46-12(3)33)24(42)30(44-10)43-9-18(38)27-22(40)23(41)31(48-27)49-28-21(39)20-17(37)7-14(34)8-19(20)47-26(28)13-4-5-15(35)16(36)6-13/h4-8,10,18,22-25,27,29-31,34-38,40-42H,9H2,1-3H3/t10-,18+,22+,23+,24+,25-,27+,29-,30+,31-/m0/s1. The monoisotopic (exact) mass is 694 g/mol. The molecule has 0 spiro atoms. The van der Waals surface area contributed by atoms with E-state index in [0.717, 1.165) is 38.1 Å². The Bertz CT molecular complexity index is 1770. The first-order valence-corrected chi connectivity index (χ1v) is 14.8. The summed E-state index contributed by atoms with van der Waals surface area (Å²) in [5.41, 5.74) is -1.35. The number of fused-ring (bicyclic) bond motifs is 1. The van der Waals surface area contributed by atoms with Crippen LogP contribution in [0.2, 0.25) is 0 Å². The number of phenolic OH excluding ortho intramolecular Hbond substituents is 4. The van der Waals surface area contributed by atoms with Gasteiger partial charge in [0.2, 0.25) is 17.5 Å². The van der Waals surface area contributed by atoms with E-state index in [1.54, 1.807) is 0 Å². The predicted molar refractivity (Wildman–Crippen MR) is 159 cm³/mol. The average molecular weight is 695 g/mol. The van der Waals surface area contributed by atoms with E-state index in [-0.39, 0.29) is 11.1 Å². The summed E-state index contributed by atoms with van der Waals surface area (Å²) >= 11 is 0. The van der Waals surface area contributed by atoms with Crippen molar-refractivity contribution in [2.24, 2.45) is 0 Å². The fraction of sp³-hybridized carbons (Fsp3) is 0.452. The largest absolute Gasteiger partial charge is 0.508 e. The zero-order valence-corrected chi connectivity index (χ0v) is 26.0. The van der Waals surface area contributed by atoms with Crippen molar-refractivity contribution in [1.29, 1.82) is 0 Å². The van der Waals surface area contributed by atoms with Crippen LogP contribution in [0.3, 0.4) is 0 Å². The lowest BCUT2D eigenvalue weighted by Gasteiger charge is -2.42. The van der Waals surface area contributed by atoms with Gasteiger partial charge in [-0.05, 0) is 25.1 Å². The van der Waals surface area contributed by atoms with Crippen molar-refractivity contribution in [2.45, 2.75) is 82.2 Å². The summed E-state index contributed by atoms with van der Waals surface area (Å²) in [5, 5.41) is 82.9. The summed E-state index contributed by atoms with van der Waals surface area (Å²) in [5.74, 6) is -4.87. The highest BCUT2D eigenvalue weighted by Gasteiger charge is 2.51. The quantitative estimate of drug-likeness (QED) is 0.103. The third-order valence-corrected chi connectivity index (χ3v) is 7.81. The lowest BCUT2D eigenvalue weighted by Crippen LogP contribution is -2.60. The number of aliphatic hydroxyl groups is 4. The van der Waals surface area contributed by atoms with Crippen LogP contribution in [-0.2, 0) is 33.3 Å². The molecule has 10 atom stereocenters. The molecule has 0 amide bonds. The van der Waals surface area contributed by atoms with Crippen LogP contribution in [0.1, 0.15) is 20.8 Å². The molecule has 0 saturated carbocycles. The Morgan fingerprint density at radius 2 is 1.51 bits per heavy atom. The maximum atomic E-state index is 13.6.